The van der Waals surface area contributed by atoms with Crippen molar-refractivity contribution in [3.8, 4) is 12.3 Å². The smallest absolute Gasteiger partial charge is 0.327 e. The maximum absolute atomic E-state index is 11.6. The summed E-state index contributed by atoms with van der Waals surface area (Å²) < 4.78 is 5.37. The van der Waals surface area contributed by atoms with Crippen LogP contribution in [0.3, 0.4) is 0 Å². The molecule has 20 heavy (non-hydrogen) atoms. The van der Waals surface area contributed by atoms with Crippen LogP contribution in [-0.2, 0) is 9.59 Å². The molecule has 8 heteroatoms. The van der Waals surface area contributed by atoms with Gasteiger partial charge in [0.1, 0.15) is 6.04 Å². The van der Waals surface area contributed by atoms with E-state index in [1.807, 2.05) is 0 Å². The molecule has 1 unspecified atom stereocenters. The number of hydrogen-bond acceptors (Lipinski definition) is 4. The maximum Gasteiger partial charge on any atom is 0.327 e. The molecule has 0 bridgehead atoms. The minimum atomic E-state index is -1.24. The highest BCUT2D eigenvalue weighted by Crippen LogP contribution is 2.13. The number of terminal acetylenes is 1. The third-order valence-electron chi connectivity index (χ3n) is 2.16. The second-order valence-corrected chi connectivity index (χ2v) is 4.43. The molecule has 0 aliphatic heterocycles. The minimum Gasteiger partial charge on any atom is -0.480 e. The Balaban J connectivity index is 2.45. The van der Waals surface area contributed by atoms with Gasteiger partial charge in [-0.15, -0.1) is 12.3 Å². The van der Waals surface area contributed by atoms with Crippen LogP contribution < -0.4 is 10.6 Å². The molecular weight excluding hydrogens is 332 g/mol. The fraction of sp³-hybridized carbons (Fsp3) is 0.250. The number of hydrogen-bond donors (Lipinski definition) is 3. The quantitative estimate of drug-likeness (QED) is 0.647. The Morgan fingerprint density at radius 3 is 2.65 bits per heavy atom. The molecule has 0 aliphatic carbocycles. The molecule has 7 nitrogen and oxygen atoms in total. The van der Waals surface area contributed by atoms with Gasteiger partial charge in [-0.2, -0.15) is 0 Å². The highest BCUT2D eigenvalue weighted by molar-refractivity contribution is 9.10. The van der Waals surface area contributed by atoms with Crippen molar-refractivity contribution in [2.75, 3.05) is 6.54 Å². The van der Waals surface area contributed by atoms with E-state index >= 15 is 0 Å². The number of rotatable bonds is 6. The van der Waals surface area contributed by atoms with Crippen molar-refractivity contribution in [1.29, 1.82) is 0 Å². The van der Waals surface area contributed by atoms with Gasteiger partial charge in [0.25, 0.3) is 5.91 Å². The number of carboxylic acids is 1. The highest BCUT2D eigenvalue weighted by Gasteiger charge is 2.19. The van der Waals surface area contributed by atoms with Gasteiger partial charge >= 0.3 is 5.97 Å². The van der Waals surface area contributed by atoms with Crippen molar-refractivity contribution in [2.24, 2.45) is 0 Å². The zero-order valence-corrected chi connectivity index (χ0v) is 11.8. The van der Waals surface area contributed by atoms with E-state index in [2.05, 4.69) is 32.5 Å². The van der Waals surface area contributed by atoms with Crippen LogP contribution in [0.1, 0.15) is 17.0 Å². The first-order valence-corrected chi connectivity index (χ1v) is 6.22. The third kappa shape index (κ3) is 4.78. The molecule has 0 aliphatic rings. The lowest BCUT2D eigenvalue weighted by Gasteiger charge is -2.11. The summed E-state index contributed by atoms with van der Waals surface area (Å²) in [6, 6.07) is 1.78. The maximum atomic E-state index is 11.6. The van der Waals surface area contributed by atoms with E-state index in [9.17, 15) is 14.4 Å². The number of nitrogens with one attached hydrogen (secondary N) is 2. The summed E-state index contributed by atoms with van der Waals surface area (Å²) in [7, 11) is 0. The lowest BCUT2D eigenvalue weighted by atomic mass is 10.2. The Morgan fingerprint density at radius 1 is 1.45 bits per heavy atom. The van der Waals surface area contributed by atoms with Gasteiger partial charge in [0, 0.05) is 6.42 Å². The molecule has 1 heterocycles. The number of carbonyl (C=O) groups is 3. The number of furan rings is 1. The summed E-state index contributed by atoms with van der Waals surface area (Å²) in [5.74, 6) is -0.312. The van der Waals surface area contributed by atoms with Gasteiger partial charge in [-0.3, -0.25) is 9.59 Å². The summed E-state index contributed by atoms with van der Waals surface area (Å²) in [6.07, 6.45) is 4.85. The second kappa shape index (κ2) is 7.35. The molecule has 0 spiro atoms. The molecule has 3 N–H and O–H groups in total. The van der Waals surface area contributed by atoms with Crippen LogP contribution in [0.25, 0.3) is 0 Å². The molecular formula is C12H11BrN2O5. The molecule has 1 rings (SSSR count). The van der Waals surface area contributed by atoms with Gasteiger partial charge in [0.15, 0.2) is 10.4 Å². The number of amides is 2. The Kier molecular flexibility index (Phi) is 5.80. The highest BCUT2D eigenvalue weighted by atomic mass is 79.9. The minimum absolute atomic E-state index is 0.0306. The van der Waals surface area contributed by atoms with Gasteiger partial charge < -0.3 is 20.2 Å². The normalized spacial score (nSPS) is 11.2. The third-order valence-corrected chi connectivity index (χ3v) is 2.59. The largest absolute Gasteiger partial charge is 0.480 e. The fourth-order valence-electron chi connectivity index (χ4n) is 1.25. The van der Waals surface area contributed by atoms with Crippen LogP contribution in [0, 0.1) is 12.3 Å². The molecule has 0 radical (unpaired) electrons. The van der Waals surface area contributed by atoms with Crippen LogP contribution in [0.2, 0.25) is 0 Å². The summed E-state index contributed by atoms with van der Waals surface area (Å²) in [6.45, 7) is -0.383. The fourth-order valence-corrected chi connectivity index (χ4v) is 1.55. The lowest BCUT2D eigenvalue weighted by Crippen LogP contribution is -2.45. The van der Waals surface area contributed by atoms with E-state index in [0.29, 0.717) is 4.67 Å². The molecule has 0 aromatic carbocycles. The van der Waals surface area contributed by atoms with E-state index in [4.69, 9.17) is 15.9 Å². The lowest BCUT2D eigenvalue weighted by molar-refractivity contribution is -0.141. The monoisotopic (exact) mass is 342 g/mol. The van der Waals surface area contributed by atoms with Gasteiger partial charge in [-0.25, -0.2) is 4.79 Å². The number of halogens is 1. The van der Waals surface area contributed by atoms with Crippen LogP contribution in [0.5, 0.6) is 0 Å². The molecule has 106 valence electrons. The van der Waals surface area contributed by atoms with Gasteiger partial charge in [0.2, 0.25) is 5.91 Å². The van der Waals surface area contributed by atoms with Gasteiger partial charge in [-0.05, 0) is 28.1 Å². The van der Waals surface area contributed by atoms with Crippen molar-refractivity contribution >= 4 is 33.7 Å². The van der Waals surface area contributed by atoms with E-state index < -0.39 is 23.8 Å². The molecule has 0 saturated carbocycles. The summed E-state index contributed by atoms with van der Waals surface area (Å²) in [5, 5.41) is 13.3. The first-order valence-electron chi connectivity index (χ1n) is 5.43. The van der Waals surface area contributed by atoms with E-state index in [1.54, 1.807) is 0 Å². The Hall–Kier alpha value is -2.27. The number of carbonyl (C=O) groups excluding carboxylic acids is 2. The van der Waals surface area contributed by atoms with Crippen LogP contribution >= 0.6 is 15.9 Å². The molecule has 2 amide bonds. The van der Waals surface area contributed by atoms with Crippen molar-refractivity contribution in [3.63, 3.8) is 0 Å². The average Bonchev–Trinajstić information content (AvgIpc) is 2.82. The Labute approximate surface area is 122 Å². The summed E-state index contributed by atoms with van der Waals surface area (Å²) >= 11 is 3.04. The molecule has 1 atom stereocenters. The average molecular weight is 343 g/mol. The van der Waals surface area contributed by atoms with Crippen LogP contribution in [0.15, 0.2) is 21.2 Å². The Morgan fingerprint density at radius 2 is 2.15 bits per heavy atom. The van der Waals surface area contributed by atoms with Crippen molar-refractivity contribution in [2.45, 2.75) is 12.5 Å². The zero-order chi connectivity index (χ0) is 15.1. The second-order valence-electron chi connectivity index (χ2n) is 3.65. The van der Waals surface area contributed by atoms with Crippen LogP contribution in [0.4, 0.5) is 0 Å². The molecule has 1 aromatic rings. The molecule has 1 aromatic heterocycles. The SMILES string of the molecule is C#CCC(NC(=O)CNC(=O)c1ccc(Br)o1)C(=O)O. The number of aliphatic carboxylic acids is 1. The van der Waals surface area contributed by atoms with E-state index in [0.717, 1.165) is 0 Å². The van der Waals surface area contributed by atoms with E-state index in [-0.39, 0.29) is 18.7 Å². The van der Waals surface area contributed by atoms with E-state index in [1.165, 1.54) is 12.1 Å². The van der Waals surface area contributed by atoms with Crippen molar-refractivity contribution in [1.82, 2.24) is 10.6 Å². The summed E-state index contributed by atoms with van der Waals surface area (Å²) in [4.78, 5) is 33.8. The predicted octanol–water partition coefficient (Wildman–Crippen LogP) is 0.365. The van der Waals surface area contributed by atoms with Gasteiger partial charge in [0.05, 0.1) is 6.54 Å². The molecule has 0 fully saturated rings. The van der Waals surface area contributed by atoms with Crippen molar-refractivity contribution < 1.29 is 23.9 Å². The van der Waals surface area contributed by atoms with Gasteiger partial charge in [-0.1, -0.05) is 0 Å². The molecule has 0 saturated heterocycles. The predicted molar refractivity (Wildman–Crippen MR) is 71.8 cm³/mol. The standard InChI is InChI=1S/C12H11BrN2O5/c1-2-3-7(12(18)19)15-10(16)6-14-11(17)8-4-5-9(13)20-8/h1,4-5,7H,3,6H2,(H,14,17)(H,15,16)(H,18,19). The van der Waals surface area contributed by atoms with Crippen molar-refractivity contribution in [3.05, 3.63) is 22.6 Å². The first-order chi connectivity index (χ1) is 9.43. The Bertz CT molecular complexity index is 560. The topological polar surface area (TPSA) is 109 Å². The zero-order valence-electron chi connectivity index (χ0n) is 10.2. The van der Waals surface area contributed by atoms with Crippen LogP contribution in [-0.4, -0.2) is 35.5 Å². The number of carboxylic acid groups (broad SMARTS) is 1. The summed E-state index contributed by atoms with van der Waals surface area (Å²) in [5.41, 5.74) is 0. The first kappa shape index (κ1) is 15.8.